The molecule has 1 aliphatic heterocycles. The van der Waals surface area contributed by atoms with Crippen molar-refractivity contribution in [2.45, 2.75) is 59.4 Å². The van der Waals surface area contributed by atoms with Crippen LogP contribution in [0.4, 0.5) is 5.69 Å². The lowest BCUT2D eigenvalue weighted by molar-refractivity contribution is -0.385. The van der Waals surface area contributed by atoms with E-state index in [-0.39, 0.29) is 54.2 Å². The third-order valence-electron chi connectivity index (χ3n) is 5.67. The van der Waals surface area contributed by atoms with Crippen LogP contribution in [0.3, 0.4) is 0 Å². The summed E-state index contributed by atoms with van der Waals surface area (Å²) in [5.74, 6) is -0.751. The highest BCUT2D eigenvalue weighted by atomic mass is 31.1. The number of methoxy groups -OCH3 is 1. The van der Waals surface area contributed by atoms with Crippen molar-refractivity contribution in [3.05, 3.63) is 62.2 Å². The highest BCUT2D eigenvalue weighted by Crippen LogP contribution is 2.52. The monoisotopic (exact) mass is 540 g/mol. The number of benzene rings is 1. The molecule has 0 fully saturated rings. The van der Waals surface area contributed by atoms with Gasteiger partial charge < -0.3 is 23.5 Å². The van der Waals surface area contributed by atoms with E-state index in [0.717, 1.165) is 0 Å². The molecule has 11 nitrogen and oxygen atoms in total. The summed E-state index contributed by atoms with van der Waals surface area (Å²) in [6, 6.07) is 5.74. The average Bonchev–Trinajstić information content (AvgIpc) is 2.85. The molecule has 0 aromatic heterocycles. The lowest BCUT2D eigenvalue weighted by Crippen LogP contribution is -2.45. The van der Waals surface area contributed by atoms with Gasteiger partial charge in [-0.2, -0.15) is 0 Å². The summed E-state index contributed by atoms with van der Waals surface area (Å²) in [7, 11) is -0.457. The predicted octanol–water partition coefficient (Wildman–Crippen LogP) is 4.34. The van der Waals surface area contributed by atoms with Crippen molar-refractivity contribution in [1.82, 2.24) is 5.06 Å². The van der Waals surface area contributed by atoms with Crippen molar-refractivity contribution in [2.24, 2.45) is 0 Å². The van der Waals surface area contributed by atoms with Gasteiger partial charge in [0.25, 0.3) is 5.69 Å². The first-order chi connectivity index (χ1) is 17.5. The van der Waals surface area contributed by atoms with Gasteiger partial charge in [0, 0.05) is 23.0 Å². The summed E-state index contributed by atoms with van der Waals surface area (Å²) >= 11 is 0. The quantitative estimate of drug-likeness (QED) is 0.111. The Bertz CT molecular complexity index is 1050. The third-order valence-corrected chi connectivity index (χ3v) is 6.73. The van der Waals surface area contributed by atoms with Crippen LogP contribution in [-0.2, 0) is 38.7 Å². The molecule has 2 atom stereocenters. The normalized spacial score (nSPS) is 18.6. The summed E-state index contributed by atoms with van der Waals surface area (Å²) in [5, 5.41) is 13.3. The number of non-ortho nitro benzene ring substituents is 1. The maximum absolute atomic E-state index is 13.3. The number of carbonyl (C=O) groups excluding carboxylic acids is 1. The van der Waals surface area contributed by atoms with Crippen molar-refractivity contribution in [3.8, 4) is 0 Å². The van der Waals surface area contributed by atoms with Crippen molar-refractivity contribution in [3.63, 3.8) is 0 Å². The molecule has 1 heterocycles. The molecule has 1 aromatic carbocycles. The minimum absolute atomic E-state index is 0.00786. The number of allylic oxidation sites excluding steroid dienone is 2. The van der Waals surface area contributed by atoms with Gasteiger partial charge in [-0.3, -0.25) is 15.0 Å². The molecule has 0 aliphatic carbocycles. The van der Waals surface area contributed by atoms with E-state index in [1.54, 1.807) is 19.9 Å². The highest BCUT2D eigenvalue weighted by Gasteiger charge is 2.51. The molecule has 2 unspecified atom stereocenters. The van der Waals surface area contributed by atoms with E-state index < -0.39 is 25.0 Å². The van der Waals surface area contributed by atoms with E-state index >= 15 is 0 Å². The number of rotatable bonds is 14. The molecule has 1 aliphatic rings. The molecule has 0 amide bonds. The topological polar surface area (TPSA) is 127 Å². The van der Waals surface area contributed by atoms with Gasteiger partial charge in [-0.25, -0.2) is 9.86 Å². The Balaban J connectivity index is 2.75. The Morgan fingerprint density at radius 1 is 1.05 bits per heavy atom. The molecule has 1 aromatic rings. The zero-order chi connectivity index (χ0) is 27.8. The first kappa shape index (κ1) is 30.7. The Labute approximate surface area is 218 Å². The van der Waals surface area contributed by atoms with Crippen LogP contribution in [-0.4, -0.2) is 61.7 Å². The molecule has 206 valence electrons. The van der Waals surface area contributed by atoms with E-state index in [0.29, 0.717) is 18.0 Å². The Hall–Kier alpha value is -2.56. The van der Waals surface area contributed by atoms with Crippen molar-refractivity contribution in [2.75, 3.05) is 33.5 Å². The minimum atomic E-state index is -1.72. The second kappa shape index (κ2) is 13.8. The van der Waals surface area contributed by atoms with Gasteiger partial charge in [-0.1, -0.05) is 12.1 Å². The fraction of sp³-hybridized carbons (Fsp3) is 0.560. The fourth-order valence-electron chi connectivity index (χ4n) is 4.12. The molecule has 0 N–H and O–H groups in total. The maximum Gasteiger partial charge on any atom is 0.339 e. The largest absolute Gasteiger partial charge is 0.466 e. The van der Waals surface area contributed by atoms with E-state index in [1.807, 2.05) is 27.7 Å². The Morgan fingerprint density at radius 2 is 1.68 bits per heavy atom. The number of hydrogen-bond donors (Lipinski definition) is 0. The SMILES string of the molecule is COC(=O)C1=C(C)N(OCCOC(C)C)C(C)=C([PH2]=O)C1(OCCOC(C)C)c1cccc([N+](=O)[O-])c1. The van der Waals surface area contributed by atoms with Crippen LogP contribution in [0.25, 0.3) is 0 Å². The standard InChI is InChI=1S/C25H37N2O9P/c1-16(2)33-11-13-35-25(20-9-8-10-21(15-20)27(29)30)22(24(28)32-7)18(5)26(19(6)23(25)37-31)36-14-12-34-17(3)4/h8-10,15-17H,11-14,37H2,1-7H3. The Kier molecular flexibility index (Phi) is 11.5. The van der Waals surface area contributed by atoms with Crippen LogP contribution in [0, 0.1) is 10.1 Å². The van der Waals surface area contributed by atoms with Crippen LogP contribution in [0.5, 0.6) is 0 Å². The van der Waals surface area contributed by atoms with E-state index in [1.165, 1.54) is 30.4 Å². The average molecular weight is 541 g/mol. The van der Waals surface area contributed by atoms with Gasteiger partial charge in [0.05, 0.1) is 76.1 Å². The summed E-state index contributed by atoms with van der Waals surface area (Å²) in [4.78, 5) is 30.3. The summed E-state index contributed by atoms with van der Waals surface area (Å²) in [6.07, 6.45) is -0.0617. The van der Waals surface area contributed by atoms with Gasteiger partial charge in [-0.05, 0) is 41.5 Å². The maximum atomic E-state index is 13.3. The summed E-state index contributed by atoms with van der Waals surface area (Å²) in [5.41, 5.74) is -0.875. The number of nitro groups is 1. The fourth-order valence-corrected chi connectivity index (χ4v) is 4.97. The second-order valence-corrected chi connectivity index (χ2v) is 9.69. The first-order valence-electron chi connectivity index (χ1n) is 12.0. The van der Waals surface area contributed by atoms with E-state index in [9.17, 15) is 19.5 Å². The molecule has 0 spiro atoms. The van der Waals surface area contributed by atoms with Gasteiger partial charge in [0.15, 0.2) is 5.60 Å². The van der Waals surface area contributed by atoms with Gasteiger partial charge in [0.2, 0.25) is 0 Å². The molecule has 0 saturated carbocycles. The van der Waals surface area contributed by atoms with E-state index in [2.05, 4.69) is 0 Å². The lowest BCUT2D eigenvalue weighted by Gasteiger charge is -2.44. The Morgan fingerprint density at radius 3 is 2.22 bits per heavy atom. The number of carbonyl (C=O) groups is 1. The number of hydroxylamine groups is 2. The lowest BCUT2D eigenvalue weighted by atomic mass is 9.81. The number of nitrogens with zero attached hydrogens (tertiary/aromatic N) is 2. The zero-order valence-corrected chi connectivity index (χ0v) is 23.6. The molecule has 0 bridgehead atoms. The molecule has 37 heavy (non-hydrogen) atoms. The van der Waals surface area contributed by atoms with Crippen LogP contribution in [0.15, 0.2) is 46.5 Å². The van der Waals surface area contributed by atoms with Gasteiger partial charge in [-0.15, -0.1) is 0 Å². The third kappa shape index (κ3) is 7.06. The van der Waals surface area contributed by atoms with Gasteiger partial charge >= 0.3 is 5.97 Å². The molecular formula is C25H37N2O9P. The van der Waals surface area contributed by atoms with Crippen LogP contribution in [0.1, 0.15) is 47.1 Å². The number of esters is 1. The molecular weight excluding hydrogens is 503 g/mol. The molecule has 0 radical (unpaired) electrons. The van der Waals surface area contributed by atoms with Crippen molar-refractivity contribution >= 4 is 20.1 Å². The first-order valence-corrected chi connectivity index (χ1v) is 13.1. The zero-order valence-electron chi connectivity index (χ0n) is 22.4. The van der Waals surface area contributed by atoms with Gasteiger partial charge in [0.1, 0.15) is 0 Å². The number of nitro benzene ring substituents is 1. The predicted molar refractivity (Wildman–Crippen MR) is 139 cm³/mol. The summed E-state index contributed by atoms with van der Waals surface area (Å²) < 4.78 is 35.5. The van der Waals surface area contributed by atoms with Crippen LogP contribution in [0.2, 0.25) is 0 Å². The molecule has 0 saturated heterocycles. The van der Waals surface area contributed by atoms with Crippen molar-refractivity contribution in [1.29, 1.82) is 0 Å². The van der Waals surface area contributed by atoms with Crippen LogP contribution < -0.4 is 0 Å². The van der Waals surface area contributed by atoms with Crippen LogP contribution >= 0.6 is 8.46 Å². The van der Waals surface area contributed by atoms with Crippen molar-refractivity contribution < 1.29 is 38.1 Å². The molecule has 12 heteroatoms. The minimum Gasteiger partial charge on any atom is -0.466 e. The van der Waals surface area contributed by atoms with E-state index in [4.69, 9.17) is 23.8 Å². The number of hydrogen-bond acceptors (Lipinski definition) is 10. The highest BCUT2D eigenvalue weighted by molar-refractivity contribution is 7.29. The summed E-state index contributed by atoms with van der Waals surface area (Å²) in [6.45, 7) is 11.5. The molecule has 2 rings (SSSR count). The smallest absolute Gasteiger partial charge is 0.339 e. The second-order valence-electron chi connectivity index (χ2n) is 8.87. The number of ether oxygens (including phenoxy) is 4.